The molecular formula is C11H18N4O. The highest BCUT2D eigenvalue weighted by Gasteiger charge is 2.24. The maximum Gasteiger partial charge on any atom is 0.142 e. The summed E-state index contributed by atoms with van der Waals surface area (Å²) < 4.78 is 1.62. The van der Waals surface area contributed by atoms with Crippen LogP contribution in [0.3, 0.4) is 0 Å². The molecule has 0 amide bonds. The predicted molar refractivity (Wildman–Crippen MR) is 59.6 cm³/mol. The van der Waals surface area contributed by atoms with Crippen LogP contribution in [0.15, 0.2) is 6.20 Å². The fraction of sp³-hybridized carbons (Fsp3) is 0.727. The molecular weight excluding hydrogens is 204 g/mol. The van der Waals surface area contributed by atoms with E-state index in [4.69, 9.17) is 5.73 Å². The fourth-order valence-corrected chi connectivity index (χ4v) is 2.24. The van der Waals surface area contributed by atoms with Gasteiger partial charge in [-0.1, -0.05) is 5.21 Å². The Morgan fingerprint density at radius 1 is 1.50 bits per heavy atom. The Hall–Kier alpha value is -1.23. The molecule has 88 valence electrons. The highest BCUT2D eigenvalue weighted by atomic mass is 16.1. The second-order valence-corrected chi connectivity index (χ2v) is 4.64. The Labute approximate surface area is 95.0 Å². The zero-order chi connectivity index (χ0) is 11.5. The number of ketones is 1. The largest absolute Gasteiger partial charge is 0.328 e. The van der Waals surface area contributed by atoms with E-state index in [0.717, 1.165) is 31.4 Å². The topological polar surface area (TPSA) is 73.8 Å². The van der Waals surface area contributed by atoms with Gasteiger partial charge in [0.05, 0.1) is 12.1 Å². The Kier molecular flexibility index (Phi) is 3.33. The van der Waals surface area contributed by atoms with Crippen molar-refractivity contribution in [3.63, 3.8) is 0 Å². The van der Waals surface area contributed by atoms with Crippen molar-refractivity contribution in [2.75, 3.05) is 0 Å². The number of nitrogens with two attached hydrogens (primary N) is 1. The minimum atomic E-state index is 0.182. The van der Waals surface area contributed by atoms with Gasteiger partial charge in [-0.2, -0.15) is 0 Å². The molecule has 1 aromatic rings. The SMILES string of the molecule is Cn1cc(CC(=O)C2CCC(N)CC2)nn1. The molecule has 1 heterocycles. The van der Waals surface area contributed by atoms with Crippen LogP contribution >= 0.6 is 0 Å². The van der Waals surface area contributed by atoms with E-state index in [1.165, 1.54) is 0 Å². The zero-order valence-corrected chi connectivity index (χ0v) is 9.59. The van der Waals surface area contributed by atoms with Crippen molar-refractivity contribution in [3.8, 4) is 0 Å². The van der Waals surface area contributed by atoms with Crippen molar-refractivity contribution in [2.24, 2.45) is 18.7 Å². The molecule has 0 bridgehead atoms. The van der Waals surface area contributed by atoms with E-state index in [-0.39, 0.29) is 11.7 Å². The Morgan fingerprint density at radius 2 is 2.19 bits per heavy atom. The summed E-state index contributed by atoms with van der Waals surface area (Å²) >= 11 is 0. The second-order valence-electron chi connectivity index (χ2n) is 4.64. The van der Waals surface area contributed by atoms with E-state index < -0.39 is 0 Å². The number of aromatic nitrogens is 3. The van der Waals surface area contributed by atoms with Crippen molar-refractivity contribution < 1.29 is 4.79 Å². The number of aryl methyl sites for hydroxylation is 1. The molecule has 2 rings (SSSR count). The third-order valence-corrected chi connectivity index (χ3v) is 3.23. The number of carbonyl (C=O) groups is 1. The summed E-state index contributed by atoms with van der Waals surface area (Å²) in [5, 5.41) is 7.75. The molecule has 1 aromatic heterocycles. The quantitative estimate of drug-likeness (QED) is 0.805. The first-order valence-electron chi connectivity index (χ1n) is 5.78. The molecule has 0 unspecified atom stereocenters. The average molecular weight is 222 g/mol. The lowest BCUT2D eigenvalue weighted by Crippen LogP contribution is -2.30. The summed E-state index contributed by atoms with van der Waals surface area (Å²) in [5.41, 5.74) is 6.58. The van der Waals surface area contributed by atoms with Gasteiger partial charge in [0.1, 0.15) is 5.78 Å². The summed E-state index contributed by atoms with van der Waals surface area (Å²) in [5.74, 6) is 0.467. The van der Waals surface area contributed by atoms with Gasteiger partial charge in [0.2, 0.25) is 0 Å². The van der Waals surface area contributed by atoms with Crippen LogP contribution in [-0.4, -0.2) is 26.8 Å². The first kappa shape index (κ1) is 11.3. The van der Waals surface area contributed by atoms with Crippen molar-refractivity contribution in [1.29, 1.82) is 0 Å². The van der Waals surface area contributed by atoms with E-state index >= 15 is 0 Å². The second kappa shape index (κ2) is 4.74. The third-order valence-electron chi connectivity index (χ3n) is 3.23. The van der Waals surface area contributed by atoms with Crippen LogP contribution in [-0.2, 0) is 18.3 Å². The summed E-state index contributed by atoms with van der Waals surface area (Å²) in [6.45, 7) is 0. The molecule has 0 aliphatic heterocycles. The minimum Gasteiger partial charge on any atom is -0.328 e. The summed E-state index contributed by atoms with van der Waals surface area (Å²) in [7, 11) is 1.81. The summed E-state index contributed by atoms with van der Waals surface area (Å²) in [6, 6.07) is 0.292. The maximum atomic E-state index is 12.0. The highest BCUT2D eigenvalue weighted by molar-refractivity contribution is 5.82. The molecule has 0 saturated heterocycles. The van der Waals surface area contributed by atoms with Crippen molar-refractivity contribution in [3.05, 3.63) is 11.9 Å². The maximum absolute atomic E-state index is 12.0. The molecule has 1 fully saturated rings. The molecule has 0 aromatic carbocycles. The fourth-order valence-electron chi connectivity index (χ4n) is 2.24. The van der Waals surface area contributed by atoms with Crippen molar-refractivity contribution >= 4 is 5.78 Å². The Balaban J connectivity index is 1.88. The van der Waals surface area contributed by atoms with Gasteiger partial charge in [-0.25, -0.2) is 0 Å². The first-order chi connectivity index (χ1) is 7.65. The van der Waals surface area contributed by atoms with Crippen LogP contribution in [0.5, 0.6) is 0 Å². The normalized spacial score (nSPS) is 25.6. The standard InChI is InChI=1S/C11H18N4O/c1-15-7-10(13-14-15)6-11(16)8-2-4-9(12)5-3-8/h7-9H,2-6,12H2,1H3. The lowest BCUT2D eigenvalue weighted by atomic mass is 9.83. The molecule has 16 heavy (non-hydrogen) atoms. The van der Waals surface area contributed by atoms with E-state index in [1.54, 1.807) is 17.9 Å². The highest BCUT2D eigenvalue weighted by Crippen LogP contribution is 2.24. The van der Waals surface area contributed by atoms with Gasteiger partial charge in [0.15, 0.2) is 0 Å². The summed E-state index contributed by atoms with van der Waals surface area (Å²) in [4.78, 5) is 12.0. The number of rotatable bonds is 3. The number of carbonyl (C=O) groups excluding carboxylic acids is 1. The van der Waals surface area contributed by atoms with Crippen LogP contribution in [0.1, 0.15) is 31.4 Å². The van der Waals surface area contributed by atoms with Gasteiger partial charge < -0.3 is 5.73 Å². The number of nitrogens with zero attached hydrogens (tertiary/aromatic N) is 3. The monoisotopic (exact) mass is 222 g/mol. The first-order valence-corrected chi connectivity index (χ1v) is 5.78. The molecule has 5 nitrogen and oxygen atoms in total. The molecule has 0 atom stereocenters. The van der Waals surface area contributed by atoms with Crippen LogP contribution in [0.4, 0.5) is 0 Å². The molecule has 1 aliphatic carbocycles. The zero-order valence-electron chi connectivity index (χ0n) is 9.59. The van der Waals surface area contributed by atoms with Crippen LogP contribution in [0, 0.1) is 5.92 Å². The van der Waals surface area contributed by atoms with Crippen LogP contribution in [0.25, 0.3) is 0 Å². The number of Topliss-reactive ketones (excluding diaryl/α,β-unsaturated/α-hetero) is 1. The lowest BCUT2D eigenvalue weighted by Gasteiger charge is -2.24. The molecule has 0 spiro atoms. The van der Waals surface area contributed by atoms with Gasteiger partial charge >= 0.3 is 0 Å². The van der Waals surface area contributed by atoms with Gasteiger partial charge in [-0.3, -0.25) is 9.48 Å². The van der Waals surface area contributed by atoms with E-state index in [1.807, 2.05) is 0 Å². The van der Waals surface area contributed by atoms with Gasteiger partial charge in [-0.05, 0) is 25.7 Å². The van der Waals surface area contributed by atoms with Crippen LogP contribution in [0.2, 0.25) is 0 Å². The van der Waals surface area contributed by atoms with E-state index in [2.05, 4.69) is 10.3 Å². The van der Waals surface area contributed by atoms with Gasteiger partial charge in [0, 0.05) is 25.2 Å². The van der Waals surface area contributed by atoms with E-state index in [9.17, 15) is 4.79 Å². The van der Waals surface area contributed by atoms with Gasteiger partial charge in [0.25, 0.3) is 0 Å². The number of hydrogen-bond acceptors (Lipinski definition) is 4. The Morgan fingerprint density at radius 3 is 2.75 bits per heavy atom. The third kappa shape index (κ3) is 2.66. The molecule has 5 heteroatoms. The van der Waals surface area contributed by atoms with Crippen molar-refractivity contribution in [1.82, 2.24) is 15.0 Å². The summed E-state index contributed by atoms with van der Waals surface area (Å²) in [6.07, 6.45) is 6.01. The van der Waals surface area contributed by atoms with Gasteiger partial charge in [-0.15, -0.1) is 5.10 Å². The average Bonchev–Trinajstić information content (AvgIpc) is 2.65. The Bertz CT molecular complexity index is 366. The molecule has 0 radical (unpaired) electrons. The molecule has 2 N–H and O–H groups in total. The lowest BCUT2D eigenvalue weighted by molar-refractivity contribution is -0.123. The van der Waals surface area contributed by atoms with Crippen LogP contribution < -0.4 is 5.73 Å². The molecule has 1 saturated carbocycles. The molecule has 1 aliphatic rings. The smallest absolute Gasteiger partial charge is 0.142 e. The van der Waals surface area contributed by atoms with E-state index in [0.29, 0.717) is 12.5 Å². The van der Waals surface area contributed by atoms with Crippen molar-refractivity contribution in [2.45, 2.75) is 38.1 Å². The predicted octanol–water partition coefficient (Wildman–Crippen LogP) is 0.444. The number of hydrogen-bond donors (Lipinski definition) is 1. The minimum absolute atomic E-state index is 0.182.